The Bertz CT molecular complexity index is 1880. The molecule has 4 aromatic heterocycles. The zero-order chi connectivity index (χ0) is 27.3. The Labute approximate surface area is 220 Å². The van der Waals surface area contributed by atoms with Crippen LogP contribution in [0.1, 0.15) is 0 Å². The van der Waals surface area contributed by atoms with E-state index in [0.29, 0.717) is 37.6 Å². The molecule has 1 fully saturated rings. The third-order valence-corrected chi connectivity index (χ3v) is 7.82. The third-order valence-electron chi connectivity index (χ3n) is 6.51. The van der Waals surface area contributed by atoms with Crippen LogP contribution in [0.5, 0.6) is 0 Å². The highest BCUT2D eigenvalue weighted by Gasteiger charge is 2.23. The van der Waals surface area contributed by atoms with Crippen LogP contribution in [-0.2, 0) is 10.0 Å². The number of aromatic amines is 1. The van der Waals surface area contributed by atoms with Crippen LogP contribution >= 0.6 is 0 Å². The lowest BCUT2D eigenvalue weighted by atomic mass is 10.1. The molecule has 0 aliphatic carbocycles. The monoisotopic (exact) mass is 553 g/mol. The van der Waals surface area contributed by atoms with Gasteiger partial charge in [-0.1, -0.05) is 0 Å². The Balaban J connectivity index is 1.26. The van der Waals surface area contributed by atoms with Crippen molar-refractivity contribution in [2.24, 2.45) is 0 Å². The van der Waals surface area contributed by atoms with Crippen molar-refractivity contribution >= 4 is 44.0 Å². The second-order valence-corrected chi connectivity index (χ2v) is 11.0. The minimum absolute atomic E-state index is 0.0348. The maximum atomic E-state index is 15.0. The molecule has 200 valence electrons. The number of halogens is 2. The van der Waals surface area contributed by atoms with Crippen molar-refractivity contribution in [1.82, 2.24) is 33.6 Å². The number of nitrogens with one attached hydrogen (secondary N) is 2. The number of pyridine rings is 1. The molecular formula is C24H21F2N9O3S. The lowest BCUT2D eigenvalue weighted by Gasteiger charge is -2.34. The number of fused-ring (bicyclic) bond motifs is 3. The molecule has 1 aromatic carbocycles. The third kappa shape index (κ3) is 4.66. The fraction of sp³-hybridized carbons (Fsp3) is 0.208. The van der Waals surface area contributed by atoms with Gasteiger partial charge in [-0.3, -0.25) is 9.20 Å². The minimum atomic E-state index is -3.22. The molecule has 5 heterocycles. The average molecular weight is 554 g/mol. The molecule has 0 radical (unpaired) electrons. The fourth-order valence-corrected chi connectivity index (χ4v) is 5.40. The number of nitrogens with zero attached hydrogens (tertiary/aromatic N) is 7. The number of imidazole rings is 1. The quantitative estimate of drug-likeness (QED) is 0.335. The fourth-order valence-electron chi connectivity index (χ4n) is 4.57. The molecule has 0 unspecified atom stereocenters. The summed E-state index contributed by atoms with van der Waals surface area (Å²) < 4.78 is 56.2. The van der Waals surface area contributed by atoms with Gasteiger partial charge < -0.3 is 15.2 Å². The van der Waals surface area contributed by atoms with Crippen LogP contribution in [0.4, 0.5) is 26.2 Å². The number of benzene rings is 1. The van der Waals surface area contributed by atoms with Crippen molar-refractivity contribution in [3.05, 3.63) is 71.2 Å². The maximum Gasteiger partial charge on any atom is 0.261 e. The van der Waals surface area contributed by atoms with E-state index in [1.54, 1.807) is 12.3 Å². The largest absolute Gasteiger partial charge is 0.368 e. The van der Waals surface area contributed by atoms with Gasteiger partial charge in [0, 0.05) is 31.7 Å². The molecule has 15 heteroatoms. The topological polar surface area (TPSA) is 141 Å². The molecule has 5 aromatic rings. The standard InChI is InChI=1S/C24H21F2N9O3S/c1-39(37,38)34-6-4-33(5-7-34)15-2-3-19(28-10-15)30-24-29-11-17(26)22(32-24)14-8-16(25)21-18(9-14)35-13-27-12-20(35)31-23(21)36/h2-3,8-13H,4-7H2,1H3,(H,31,36)(H,28,29,30,32). The van der Waals surface area contributed by atoms with E-state index >= 15 is 0 Å². The smallest absolute Gasteiger partial charge is 0.261 e. The van der Waals surface area contributed by atoms with Crippen LogP contribution in [0.2, 0.25) is 0 Å². The van der Waals surface area contributed by atoms with Crippen LogP contribution in [0.25, 0.3) is 27.8 Å². The zero-order valence-corrected chi connectivity index (χ0v) is 21.3. The van der Waals surface area contributed by atoms with E-state index in [0.717, 1.165) is 18.0 Å². The van der Waals surface area contributed by atoms with Crippen molar-refractivity contribution in [3.8, 4) is 11.3 Å². The molecule has 0 bridgehead atoms. The number of hydrogen-bond acceptors (Lipinski definition) is 9. The Hall–Kier alpha value is -4.50. The van der Waals surface area contributed by atoms with E-state index in [9.17, 15) is 22.0 Å². The Kier molecular flexibility index (Phi) is 5.95. The van der Waals surface area contributed by atoms with Gasteiger partial charge in [-0.2, -0.15) is 4.31 Å². The van der Waals surface area contributed by atoms with Gasteiger partial charge in [0.15, 0.2) is 5.82 Å². The summed E-state index contributed by atoms with van der Waals surface area (Å²) in [4.78, 5) is 33.5. The summed E-state index contributed by atoms with van der Waals surface area (Å²) in [5, 5.41) is 2.73. The summed E-state index contributed by atoms with van der Waals surface area (Å²) in [5.41, 5.74) is 0.716. The first-order chi connectivity index (χ1) is 18.7. The van der Waals surface area contributed by atoms with E-state index in [4.69, 9.17) is 0 Å². The minimum Gasteiger partial charge on any atom is -0.368 e. The Morgan fingerprint density at radius 3 is 2.51 bits per heavy atom. The van der Waals surface area contributed by atoms with Gasteiger partial charge in [-0.05, 0) is 24.3 Å². The van der Waals surface area contributed by atoms with Crippen LogP contribution < -0.4 is 15.8 Å². The molecule has 12 nitrogen and oxygen atoms in total. The van der Waals surface area contributed by atoms with Gasteiger partial charge in [0.25, 0.3) is 5.56 Å². The van der Waals surface area contributed by atoms with E-state index in [1.165, 1.54) is 33.6 Å². The second kappa shape index (κ2) is 9.36. The summed E-state index contributed by atoms with van der Waals surface area (Å²) in [6, 6.07) is 6.03. The van der Waals surface area contributed by atoms with E-state index in [-0.39, 0.29) is 28.1 Å². The molecule has 0 saturated carbocycles. The van der Waals surface area contributed by atoms with Crippen molar-refractivity contribution in [3.63, 3.8) is 0 Å². The van der Waals surface area contributed by atoms with Crippen LogP contribution in [-0.4, -0.2) is 74.5 Å². The lowest BCUT2D eigenvalue weighted by molar-refractivity contribution is 0.388. The van der Waals surface area contributed by atoms with Gasteiger partial charge in [-0.15, -0.1) is 0 Å². The van der Waals surface area contributed by atoms with Crippen LogP contribution in [0, 0.1) is 11.6 Å². The summed E-state index contributed by atoms with van der Waals surface area (Å²) >= 11 is 0. The molecule has 1 aliphatic rings. The summed E-state index contributed by atoms with van der Waals surface area (Å²) in [6.45, 7) is 1.85. The predicted molar refractivity (Wildman–Crippen MR) is 140 cm³/mol. The number of aromatic nitrogens is 6. The van der Waals surface area contributed by atoms with Crippen LogP contribution in [0.15, 0.2) is 54.0 Å². The Morgan fingerprint density at radius 1 is 1.00 bits per heavy atom. The molecule has 6 rings (SSSR count). The van der Waals surface area contributed by atoms with Gasteiger partial charge in [0.2, 0.25) is 16.0 Å². The first-order valence-corrected chi connectivity index (χ1v) is 13.7. The summed E-state index contributed by atoms with van der Waals surface area (Å²) in [7, 11) is -3.22. The highest BCUT2D eigenvalue weighted by Crippen LogP contribution is 2.28. The van der Waals surface area contributed by atoms with Gasteiger partial charge in [0.05, 0.1) is 41.4 Å². The van der Waals surface area contributed by atoms with Crippen molar-refractivity contribution in [1.29, 1.82) is 0 Å². The first kappa shape index (κ1) is 24.8. The van der Waals surface area contributed by atoms with Crippen molar-refractivity contribution in [2.45, 2.75) is 0 Å². The number of piperazine rings is 1. The molecule has 0 spiro atoms. The molecule has 0 atom stereocenters. The number of sulfonamides is 1. The van der Waals surface area contributed by atoms with E-state index < -0.39 is 27.2 Å². The van der Waals surface area contributed by atoms with Crippen molar-refractivity contribution < 1.29 is 17.2 Å². The number of H-pyrrole nitrogens is 1. The van der Waals surface area contributed by atoms with Gasteiger partial charge in [0.1, 0.15) is 29.3 Å². The molecule has 39 heavy (non-hydrogen) atoms. The van der Waals surface area contributed by atoms with Gasteiger partial charge in [-0.25, -0.2) is 37.1 Å². The van der Waals surface area contributed by atoms with Gasteiger partial charge >= 0.3 is 0 Å². The molecule has 2 N–H and O–H groups in total. The predicted octanol–water partition coefficient (Wildman–Crippen LogP) is 2.13. The molecule has 0 amide bonds. The highest BCUT2D eigenvalue weighted by atomic mass is 32.2. The van der Waals surface area contributed by atoms with E-state index in [2.05, 4.69) is 30.2 Å². The first-order valence-electron chi connectivity index (χ1n) is 11.8. The molecular weight excluding hydrogens is 532 g/mol. The normalized spacial score (nSPS) is 14.8. The lowest BCUT2D eigenvalue weighted by Crippen LogP contribution is -2.48. The SMILES string of the molecule is CS(=O)(=O)N1CCN(c2ccc(Nc3ncc(F)c(-c4cc(F)c5c(=O)[nH]c6cncn6c5c4)n3)nc2)CC1. The average Bonchev–Trinajstić information content (AvgIpc) is 3.38. The maximum absolute atomic E-state index is 15.0. The van der Waals surface area contributed by atoms with Crippen molar-refractivity contribution in [2.75, 3.05) is 42.7 Å². The summed E-state index contributed by atoms with van der Waals surface area (Å²) in [5.74, 6) is -1.18. The molecule has 1 saturated heterocycles. The molecule has 1 aliphatic heterocycles. The summed E-state index contributed by atoms with van der Waals surface area (Å²) in [6.07, 6.45) is 6.64. The zero-order valence-electron chi connectivity index (χ0n) is 20.5. The highest BCUT2D eigenvalue weighted by molar-refractivity contribution is 7.88. The number of rotatable bonds is 5. The number of anilines is 3. The second-order valence-electron chi connectivity index (χ2n) is 9.02. The Morgan fingerprint density at radius 2 is 1.79 bits per heavy atom. The van der Waals surface area contributed by atoms with E-state index in [1.807, 2.05) is 11.0 Å². The van der Waals surface area contributed by atoms with Crippen LogP contribution in [0.3, 0.4) is 0 Å². The number of hydrogen-bond donors (Lipinski definition) is 2.